The van der Waals surface area contributed by atoms with Gasteiger partial charge in [-0.15, -0.1) is 0 Å². The number of carbonyl (C=O) groups is 4. The van der Waals surface area contributed by atoms with E-state index in [4.69, 9.17) is 4.74 Å². The van der Waals surface area contributed by atoms with Crippen molar-refractivity contribution < 1.29 is 29.0 Å². The van der Waals surface area contributed by atoms with E-state index in [1.165, 1.54) is 0 Å². The average molecular weight is 557 g/mol. The SMILES string of the molecule is CC(C)CC(C(=O)O)C(=O)NCNC(=O)[C@@H](CC(=O)OCC1c2ccccc2-c2ccccc21)Cc1ccccc1. The lowest BCUT2D eigenvalue weighted by atomic mass is 9.95. The summed E-state index contributed by atoms with van der Waals surface area (Å²) in [5.41, 5.74) is 5.35. The molecule has 3 N–H and O–H groups in total. The van der Waals surface area contributed by atoms with Gasteiger partial charge < -0.3 is 20.5 Å². The van der Waals surface area contributed by atoms with Gasteiger partial charge in [0.15, 0.2) is 0 Å². The number of ether oxygens (including phenoxy) is 1. The average Bonchev–Trinajstić information content (AvgIpc) is 3.28. The van der Waals surface area contributed by atoms with E-state index >= 15 is 0 Å². The minimum Gasteiger partial charge on any atom is -0.481 e. The molecule has 1 aliphatic carbocycles. The van der Waals surface area contributed by atoms with E-state index in [2.05, 4.69) is 22.8 Å². The Bertz CT molecular complexity index is 1340. The molecule has 0 spiro atoms. The van der Waals surface area contributed by atoms with Crippen LogP contribution in [0.5, 0.6) is 0 Å². The zero-order chi connectivity index (χ0) is 29.4. The molecule has 0 aliphatic heterocycles. The van der Waals surface area contributed by atoms with E-state index in [1.807, 2.05) is 80.6 Å². The summed E-state index contributed by atoms with van der Waals surface area (Å²) in [5.74, 6) is -4.81. The Morgan fingerprint density at radius 1 is 0.805 bits per heavy atom. The highest BCUT2D eigenvalue weighted by molar-refractivity contribution is 5.97. The maximum Gasteiger partial charge on any atom is 0.316 e. The van der Waals surface area contributed by atoms with Crippen LogP contribution >= 0.6 is 0 Å². The molecule has 0 bridgehead atoms. The number of carboxylic acid groups (broad SMARTS) is 1. The normalized spacial score (nSPS) is 13.5. The molecule has 8 heteroatoms. The van der Waals surface area contributed by atoms with E-state index in [0.29, 0.717) is 6.42 Å². The number of rotatable bonds is 13. The molecule has 1 unspecified atom stereocenters. The first-order valence-electron chi connectivity index (χ1n) is 13.9. The fourth-order valence-electron chi connectivity index (χ4n) is 5.31. The number of aliphatic carboxylic acids is 1. The molecule has 0 aromatic heterocycles. The molecule has 0 saturated carbocycles. The molecular weight excluding hydrogens is 520 g/mol. The molecule has 0 heterocycles. The van der Waals surface area contributed by atoms with Crippen LogP contribution < -0.4 is 10.6 Å². The molecular formula is C33H36N2O6. The molecule has 0 radical (unpaired) electrons. The first kappa shape index (κ1) is 29.5. The Labute approximate surface area is 240 Å². The largest absolute Gasteiger partial charge is 0.481 e. The van der Waals surface area contributed by atoms with Crippen LogP contribution in [0.1, 0.15) is 49.3 Å². The van der Waals surface area contributed by atoms with Gasteiger partial charge in [0.1, 0.15) is 12.5 Å². The summed E-state index contributed by atoms with van der Waals surface area (Å²) in [6.07, 6.45) is 0.346. The predicted molar refractivity (Wildman–Crippen MR) is 155 cm³/mol. The van der Waals surface area contributed by atoms with E-state index in [9.17, 15) is 24.3 Å². The van der Waals surface area contributed by atoms with E-state index in [-0.39, 0.29) is 38.0 Å². The smallest absolute Gasteiger partial charge is 0.316 e. The zero-order valence-corrected chi connectivity index (χ0v) is 23.3. The molecule has 0 fully saturated rings. The number of nitrogens with one attached hydrogen (secondary N) is 2. The van der Waals surface area contributed by atoms with Gasteiger partial charge in [0.2, 0.25) is 11.8 Å². The fourth-order valence-corrected chi connectivity index (χ4v) is 5.31. The van der Waals surface area contributed by atoms with Crippen molar-refractivity contribution >= 4 is 23.8 Å². The van der Waals surface area contributed by atoms with E-state index in [0.717, 1.165) is 27.8 Å². The highest BCUT2D eigenvalue weighted by atomic mass is 16.5. The molecule has 3 aromatic carbocycles. The molecule has 214 valence electrons. The minimum absolute atomic E-state index is 0.0175. The van der Waals surface area contributed by atoms with Gasteiger partial charge in [-0.05, 0) is 46.6 Å². The highest BCUT2D eigenvalue weighted by Gasteiger charge is 2.31. The number of hydrogen-bond donors (Lipinski definition) is 3. The van der Waals surface area contributed by atoms with E-state index in [1.54, 1.807) is 0 Å². The van der Waals surface area contributed by atoms with Gasteiger partial charge in [-0.3, -0.25) is 19.2 Å². The lowest BCUT2D eigenvalue weighted by Crippen LogP contribution is -2.44. The van der Waals surface area contributed by atoms with Gasteiger partial charge >= 0.3 is 11.9 Å². The zero-order valence-electron chi connectivity index (χ0n) is 23.3. The first-order chi connectivity index (χ1) is 19.7. The van der Waals surface area contributed by atoms with Crippen LogP contribution in [-0.4, -0.2) is 42.1 Å². The van der Waals surface area contributed by atoms with Crippen LogP contribution in [0.25, 0.3) is 11.1 Å². The molecule has 41 heavy (non-hydrogen) atoms. The number of hydrogen-bond acceptors (Lipinski definition) is 5. The maximum atomic E-state index is 13.1. The lowest BCUT2D eigenvalue weighted by molar-refractivity contribution is -0.148. The van der Waals surface area contributed by atoms with Crippen molar-refractivity contribution in [2.75, 3.05) is 13.3 Å². The van der Waals surface area contributed by atoms with Crippen molar-refractivity contribution in [2.24, 2.45) is 17.8 Å². The third kappa shape index (κ3) is 7.60. The van der Waals surface area contributed by atoms with Gasteiger partial charge in [-0.25, -0.2) is 0 Å². The maximum absolute atomic E-state index is 13.1. The van der Waals surface area contributed by atoms with Gasteiger partial charge in [-0.1, -0.05) is 92.7 Å². The standard InChI is InChI=1S/C33H36N2O6/c1-21(2)16-28(33(39)40)32(38)35-20-34-31(37)23(17-22-10-4-3-5-11-22)18-30(36)41-19-29-26-14-8-6-12-24(26)25-13-7-9-15-27(25)29/h3-15,21,23,28-29H,16-20H2,1-2H3,(H,34,37)(H,35,38)(H,39,40)/t23-,28?/m1/s1. The third-order valence-corrected chi connectivity index (χ3v) is 7.33. The highest BCUT2D eigenvalue weighted by Crippen LogP contribution is 2.44. The van der Waals surface area contributed by atoms with Crippen molar-refractivity contribution in [1.82, 2.24) is 10.6 Å². The second-order valence-electron chi connectivity index (χ2n) is 10.8. The first-order valence-corrected chi connectivity index (χ1v) is 13.9. The second kappa shape index (κ2) is 13.7. The molecule has 2 atom stereocenters. The Morgan fingerprint density at radius 2 is 1.37 bits per heavy atom. The quantitative estimate of drug-likeness (QED) is 0.162. The van der Waals surface area contributed by atoms with Crippen LogP contribution in [0, 0.1) is 17.8 Å². The van der Waals surface area contributed by atoms with Crippen molar-refractivity contribution in [3.63, 3.8) is 0 Å². The minimum atomic E-state index is -1.21. The van der Waals surface area contributed by atoms with Gasteiger partial charge in [0, 0.05) is 5.92 Å². The van der Waals surface area contributed by atoms with Gasteiger partial charge in [-0.2, -0.15) is 0 Å². The summed E-state index contributed by atoms with van der Waals surface area (Å²) in [6, 6.07) is 25.5. The van der Waals surface area contributed by atoms with Crippen LogP contribution in [0.4, 0.5) is 0 Å². The predicted octanol–water partition coefficient (Wildman–Crippen LogP) is 4.53. The van der Waals surface area contributed by atoms with Crippen molar-refractivity contribution in [3.05, 3.63) is 95.6 Å². The second-order valence-corrected chi connectivity index (χ2v) is 10.8. The molecule has 8 nitrogen and oxygen atoms in total. The van der Waals surface area contributed by atoms with Crippen molar-refractivity contribution in [3.8, 4) is 11.1 Å². The monoisotopic (exact) mass is 556 g/mol. The van der Waals surface area contributed by atoms with E-state index < -0.39 is 35.6 Å². The van der Waals surface area contributed by atoms with Crippen LogP contribution in [0.3, 0.4) is 0 Å². The Hall–Kier alpha value is -4.46. The summed E-state index contributed by atoms with van der Waals surface area (Å²) >= 11 is 0. The Balaban J connectivity index is 1.38. The number of amides is 2. The fraction of sp³-hybridized carbons (Fsp3) is 0.333. The number of carboxylic acids is 1. The number of benzene rings is 3. The molecule has 0 saturated heterocycles. The molecule has 3 aromatic rings. The number of esters is 1. The Kier molecular flexibility index (Phi) is 9.90. The summed E-state index contributed by atoms with van der Waals surface area (Å²) in [4.78, 5) is 50.1. The number of carbonyl (C=O) groups excluding carboxylic acids is 3. The summed E-state index contributed by atoms with van der Waals surface area (Å²) in [5, 5.41) is 14.5. The summed E-state index contributed by atoms with van der Waals surface area (Å²) in [6.45, 7) is 3.59. The molecule has 4 rings (SSSR count). The summed E-state index contributed by atoms with van der Waals surface area (Å²) in [7, 11) is 0. The summed E-state index contributed by atoms with van der Waals surface area (Å²) < 4.78 is 5.74. The topological polar surface area (TPSA) is 122 Å². The molecule has 2 amide bonds. The van der Waals surface area contributed by atoms with Crippen molar-refractivity contribution in [2.45, 2.75) is 39.0 Å². The van der Waals surface area contributed by atoms with Crippen LogP contribution in [0.2, 0.25) is 0 Å². The van der Waals surface area contributed by atoms with Crippen LogP contribution in [-0.2, 0) is 30.3 Å². The Morgan fingerprint density at radius 3 is 1.95 bits per heavy atom. The molecule has 1 aliphatic rings. The number of fused-ring (bicyclic) bond motifs is 3. The van der Waals surface area contributed by atoms with Gasteiger partial charge in [0.05, 0.1) is 19.0 Å². The van der Waals surface area contributed by atoms with Crippen LogP contribution in [0.15, 0.2) is 78.9 Å². The third-order valence-electron chi connectivity index (χ3n) is 7.33. The lowest BCUT2D eigenvalue weighted by Gasteiger charge is -2.19. The van der Waals surface area contributed by atoms with Crippen molar-refractivity contribution in [1.29, 1.82) is 0 Å². The van der Waals surface area contributed by atoms with Gasteiger partial charge in [0.25, 0.3) is 0 Å².